The van der Waals surface area contributed by atoms with Crippen LogP contribution in [0.25, 0.3) is 0 Å². The highest BCUT2D eigenvalue weighted by Crippen LogP contribution is 2.20. The van der Waals surface area contributed by atoms with Crippen molar-refractivity contribution in [2.24, 2.45) is 10.9 Å². The summed E-state index contributed by atoms with van der Waals surface area (Å²) in [5.41, 5.74) is 9.65. The second-order valence-corrected chi connectivity index (χ2v) is 5.41. The van der Waals surface area contributed by atoms with Crippen LogP contribution >= 0.6 is 15.9 Å². The van der Waals surface area contributed by atoms with Gasteiger partial charge in [0.15, 0.2) is 5.84 Å². The maximum absolute atomic E-state index is 8.61. The monoisotopic (exact) mass is 333 g/mol. The highest BCUT2D eigenvalue weighted by Gasteiger charge is 2.01. The van der Waals surface area contributed by atoms with E-state index in [0.717, 1.165) is 22.3 Å². The average molecular weight is 334 g/mol. The molecule has 2 aromatic rings. The minimum Gasteiger partial charge on any atom is -0.409 e. The van der Waals surface area contributed by atoms with E-state index >= 15 is 0 Å². The van der Waals surface area contributed by atoms with Crippen molar-refractivity contribution in [3.05, 3.63) is 63.6 Å². The summed E-state index contributed by atoms with van der Waals surface area (Å²) in [5, 5.41) is 15.0. The smallest absolute Gasteiger partial charge is 0.170 e. The van der Waals surface area contributed by atoms with Crippen molar-refractivity contribution in [1.29, 1.82) is 0 Å². The second kappa shape index (κ2) is 6.43. The molecule has 0 radical (unpaired) electrons. The average Bonchev–Trinajstić information content (AvgIpc) is 2.46. The number of hydrogen-bond acceptors (Lipinski definition) is 3. The number of benzene rings is 2. The van der Waals surface area contributed by atoms with Gasteiger partial charge in [-0.1, -0.05) is 45.4 Å². The molecule has 104 valence electrons. The molecule has 20 heavy (non-hydrogen) atoms. The van der Waals surface area contributed by atoms with Crippen LogP contribution in [0.4, 0.5) is 5.69 Å². The highest BCUT2D eigenvalue weighted by atomic mass is 79.9. The quantitative estimate of drug-likeness (QED) is 0.347. The molecule has 0 spiro atoms. The molecule has 0 aliphatic carbocycles. The number of nitrogens with two attached hydrogens (primary N) is 1. The number of aryl methyl sites for hydroxylation is 1. The molecule has 0 bridgehead atoms. The van der Waals surface area contributed by atoms with E-state index in [1.54, 1.807) is 0 Å². The lowest BCUT2D eigenvalue weighted by atomic mass is 10.1. The maximum Gasteiger partial charge on any atom is 0.170 e. The van der Waals surface area contributed by atoms with E-state index in [-0.39, 0.29) is 5.84 Å². The molecule has 0 amide bonds. The Morgan fingerprint density at radius 2 is 1.95 bits per heavy atom. The molecule has 0 saturated heterocycles. The molecular formula is C15H16BrN3O. The SMILES string of the molecule is Cc1cc(Br)ccc1NCc1ccc(C(N)=NO)cc1. The Morgan fingerprint density at radius 1 is 1.25 bits per heavy atom. The van der Waals surface area contributed by atoms with Gasteiger partial charge in [0.25, 0.3) is 0 Å². The third-order valence-corrected chi connectivity index (χ3v) is 3.52. The van der Waals surface area contributed by atoms with Gasteiger partial charge >= 0.3 is 0 Å². The third-order valence-electron chi connectivity index (χ3n) is 3.03. The summed E-state index contributed by atoms with van der Waals surface area (Å²) >= 11 is 3.45. The molecular weight excluding hydrogens is 318 g/mol. The summed E-state index contributed by atoms with van der Waals surface area (Å²) in [4.78, 5) is 0. The largest absolute Gasteiger partial charge is 0.409 e. The minimum absolute atomic E-state index is 0.119. The molecule has 4 N–H and O–H groups in total. The van der Waals surface area contributed by atoms with Gasteiger partial charge in [-0.3, -0.25) is 0 Å². The predicted octanol–water partition coefficient (Wildman–Crippen LogP) is 3.46. The topological polar surface area (TPSA) is 70.6 Å². The Bertz CT molecular complexity index is 624. The molecule has 0 aliphatic rings. The van der Waals surface area contributed by atoms with Gasteiger partial charge in [-0.25, -0.2) is 0 Å². The summed E-state index contributed by atoms with van der Waals surface area (Å²) in [6, 6.07) is 13.7. The molecule has 0 fully saturated rings. The lowest BCUT2D eigenvalue weighted by Gasteiger charge is -2.10. The van der Waals surface area contributed by atoms with Gasteiger partial charge in [0.05, 0.1) is 0 Å². The van der Waals surface area contributed by atoms with Gasteiger partial charge < -0.3 is 16.3 Å². The van der Waals surface area contributed by atoms with Crippen LogP contribution in [0.2, 0.25) is 0 Å². The zero-order valence-corrected chi connectivity index (χ0v) is 12.7. The Labute approximate surface area is 126 Å². The van der Waals surface area contributed by atoms with Gasteiger partial charge in [-0.05, 0) is 36.2 Å². The lowest BCUT2D eigenvalue weighted by molar-refractivity contribution is 0.318. The van der Waals surface area contributed by atoms with Crippen LogP contribution in [0.1, 0.15) is 16.7 Å². The molecule has 0 aliphatic heterocycles. The summed E-state index contributed by atoms with van der Waals surface area (Å²) in [5.74, 6) is 0.119. The van der Waals surface area contributed by atoms with E-state index in [2.05, 4.69) is 39.4 Å². The number of halogens is 1. The van der Waals surface area contributed by atoms with Crippen LogP contribution in [-0.4, -0.2) is 11.0 Å². The van der Waals surface area contributed by atoms with Crippen molar-refractivity contribution in [1.82, 2.24) is 0 Å². The van der Waals surface area contributed by atoms with Gasteiger partial charge in [0, 0.05) is 22.3 Å². The molecule has 4 nitrogen and oxygen atoms in total. The zero-order chi connectivity index (χ0) is 14.5. The van der Waals surface area contributed by atoms with E-state index in [1.807, 2.05) is 36.4 Å². The van der Waals surface area contributed by atoms with Gasteiger partial charge in [0.2, 0.25) is 0 Å². The Kier molecular flexibility index (Phi) is 4.63. The summed E-state index contributed by atoms with van der Waals surface area (Å²) in [6.07, 6.45) is 0. The first kappa shape index (κ1) is 14.4. The van der Waals surface area contributed by atoms with E-state index < -0.39 is 0 Å². The Morgan fingerprint density at radius 3 is 2.55 bits per heavy atom. The summed E-state index contributed by atoms with van der Waals surface area (Å²) in [7, 11) is 0. The minimum atomic E-state index is 0.119. The number of amidine groups is 1. The first-order valence-corrected chi connectivity index (χ1v) is 6.96. The maximum atomic E-state index is 8.61. The fourth-order valence-electron chi connectivity index (χ4n) is 1.87. The molecule has 2 rings (SSSR count). The number of oxime groups is 1. The molecule has 0 aromatic heterocycles. The van der Waals surface area contributed by atoms with Crippen molar-refractivity contribution < 1.29 is 5.21 Å². The van der Waals surface area contributed by atoms with Crippen molar-refractivity contribution in [3.63, 3.8) is 0 Å². The highest BCUT2D eigenvalue weighted by molar-refractivity contribution is 9.10. The fourth-order valence-corrected chi connectivity index (χ4v) is 2.35. The van der Waals surface area contributed by atoms with Crippen LogP contribution < -0.4 is 11.1 Å². The number of anilines is 1. The van der Waals surface area contributed by atoms with Crippen LogP contribution in [-0.2, 0) is 6.54 Å². The first-order valence-electron chi connectivity index (χ1n) is 6.17. The van der Waals surface area contributed by atoms with Crippen molar-refractivity contribution in [3.8, 4) is 0 Å². The molecule has 0 heterocycles. The standard InChI is InChI=1S/C15H16BrN3O/c1-10-8-13(16)6-7-14(10)18-9-11-2-4-12(5-3-11)15(17)19-20/h2-8,18,20H,9H2,1H3,(H2,17,19). The number of nitrogens with one attached hydrogen (secondary N) is 1. The second-order valence-electron chi connectivity index (χ2n) is 4.49. The number of nitrogens with zero attached hydrogens (tertiary/aromatic N) is 1. The van der Waals surface area contributed by atoms with E-state index in [1.165, 1.54) is 5.56 Å². The Hall–Kier alpha value is -2.01. The van der Waals surface area contributed by atoms with Crippen LogP contribution in [0.5, 0.6) is 0 Å². The normalized spacial score (nSPS) is 11.4. The molecule has 0 saturated carbocycles. The van der Waals surface area contributed by atoms with E-state index in [4.69, 9.17) is 10.9 Å². The zero-order valence-electron chi connectivity index (χ0n) is 11.1. The third kappa shape index (κ3) is 3.51. The number of rotatable bonds is 4. The van der Waals surface area contributed by atoms with Crippen molar-refractivity contribution in [2.75, 3.05) is 5.32 Å². The van der Waals surface area contributed by atoms with E-state index in [9.17, 15) is 0 Å². The molecule has 5 heteroatoms. The fraction of sp³-hybridized carbons (Fsp3) is 0.133. The van der Waals surface area contributed by atoms with Crippen molar-refractivity contribution in [2.45, 2.75) is 13.5 Å². The summed E-state index contributed by atoms with van der Waals surface area (Å²) in [6.45, 7) is 2.79. The lowest BCUT2D eigenvalue weighted by Crippen LogP contribution is -2.13. The first-order chi connectivity index (χ1) is 9.60. The van der Waals surface area contributed by atoms with Gasteiger partial charge in [0.1, 0.15) is 0 Å². The Balaban J connectivity index is 2.04. The summed E-state index contributed by atoms with van der Waals surface area (Å²) < 4.78 is 1.07. The van der Waals surface area contributed by atoms with Gasteiger partial charge in [-0.15, -0.1) is 0 Å². The molecule has 2 aromatic carbocycles. The predicted molar refractivity (Wildman–Crippen MR) is 85.2 cm³/mol. The van der Waals surface area contributed by atoms with Crippen LogP contribution in [0, 0.1) is 6.92 Å². The van der Waals surface area contributed by atoms with Crippen LogP contribution in [0.15, 0.2) is 52.1 Å². The van der Waals surface area contributed by atoms with E-state index in [0.29, 0.717) is 5.56 Å². The molecule has 0 atom stereocenters. The van der Waals surface area contributed by atoms with Gasteiger partial charge in [-0.2, -0.15) is 0 Å². The molecule has 0 unspecified atom stereocenters. The van der Waals surface area contributed by atoms with Crippen LogP contribution in [0.3, 0.4) is 0 Å². The van der Waals surface area contributed by atoms with Crippen molar-refractivity contribution >= 4 is 27.5 Å². The number of hydrogen-bond donors (Lipinski definition) is 3.